The topological polar surface area (TPSA) is 109 Å². The van der Waals surface area contributed by atoms with E-state index in [1.165, 1.54) is 0 Å². The predicted molar refractivity (Wildman–Crippen MR) is 120 cm³/mol. The molecular weight excluding hydrogens is 436 g/mol. The van der Waals surface area contributed by atoms with Crippen LogP contribution in [0.1, 0.15) is 36.6 Å². The maximum absolute atomic E-state index is 10.6. The molecule has 0 spiro atoms. The normalized spacial score (nSPS) is 28.0. The van der Waals surface area contributed by atoms with Crippen LogP contribution in [0.5, 0.6) is 5.75 Å². The number of hydrogen-bond acceptors (Lipinski definition) is 7. The lowest BCUT2D eigenvalue weighted by atomic mass is 9.83. The highest BCUT2D eigenvalue weighted by Gasteiger charge is 2.53. The van der Waals surface area contributed by atoms with Crippen molar-refractivity contribution in [3.63, 3.8) is 0 Å². The molecule has 8 heteroatoms. The second kappa shape index (κ2) is 10.9. The van der Waals surface area contributed by atoms with Crippen LogP contribution in [0.3, 0.4) is 0 Å². The molecule has 1 aliphatic heterocycles. The molecule has 2 aromatic carbocycles. The lowest BCUT2D eigenvalue weighted by Gasteiger charge is -2.48. The number of rotatable bonds is 9. The SMILES string of the molecule is CCOC[C@@]1(CO)O[C@@H](c2ccc(Cl)c(Cc3ccc(OCC)cc3)c2)C(O)[C@@H](O)C1O. The molecule has 2 unspecified atom stereocenters. The molecular formula is C24H31ClO7. The minimum atomic E-state index is -1.56. The van der Waals surface area contributed by atoms with E-state index in [-0.39, 0.29) is 6.61 Å². The molecule has 1 heterocycles. The Morgan fingerprint density at radius 3 is 2.34 bits per heavy atom. The molecule has 0 aliphatic carbocycles. The average Bonchev–Trinajstić information content (AvgIpc) is 2.80. The zero-order valence-electron chi connectivity index (χ0n) is 18.3. The molecule has 0 saturated carbocycles. The van der Waals surface area contributed by atoms with Gasteiger partial charge in [-0.3, -0.25) is 0 Å². The Morgan fingerprint density at radius 2 is 1.72 bits per heavy atom. The van der Waals surface area contributed by atoms with Crippen LogP contribution in [0, 0.1) is 0 Å². The summed E-state index contributed by atoms with van der Waals surface area (Å²) in [6.45, 7) is 3.92. The van der Waals surface area contributed by atoms with Gasteiger partial charge < -0.3 is 34.6 Å². The van der Waals surface area contributed by atoms with E-state index < -0.39 is 36.6 Å². The summed E-state index contributed by atoms with van der Waals surface area (Å²) in [4.78, 5) is 0. The van der Waals surface area contributed by atoms with Gasteiger partial charge in [0.05, 0.1) is 19.8 Å². The molecule has 2 aromatic rings. The number of benzene rings is 2. The summed E-state index contributed by atoms with van der Waals surface area (Å²) in [5, 5.41) is 42.2. The van der Waals surface area contributed by atoms with E-state index in [0.29, 0.717) is 30.2 Å². The van der Waals surface area contributed by atoms with Crippen LogP contribution in [-0.2, 0) is 15.9 Å². The number of hydrogen-bond donors (Lipinski definition) is 4. The molecule has 3 rings (SSSR count). The number of aliphatic hydroxyl groups excluding tert-OH is 4. The second-order valence-corrected chi connectivity index (χ2v) is 8.34. The zero-order chi connectivity index (χ0) is 23.3. The first-order valence-electron chi connectivity index (χ1n) is 10.8. The van der Waals surface area contributed by atoms with Gasteiger partial charge in [0, 0.05) is 11.6 Å². The summed E-state index contributed by atoms with van der Waals surface area (Å²) in [6.07, 6.45) is -4.88. The summed E-state index contributed by atoms with van der Waals surface area (Å²) in [7, 11) is 0. The third-order valence-electron chi connectivity index (χ3n) is 5.73. The van der Waals surface area contributed by atoms with E-state index in [1.807, 2.05) is 31.2 Å². The van der Waals surface area contributed by atoms with Crippen LogP contribution in [-0.4, -0.2) is 70.8 Å². The molecule has 0 radical (unpaired) electrons. The first kappa shape index (κ1) is 24.9. The van der Waals surface area contributed by atoms with Gasteiger partial charge in [0.2, 0.25) is 0 Å². The summed E-state index contributed by atoms with van der Waals surface area (Å²) in [6, 6.07) is 12.9. The van der Waals surface area contributed by atoms with E-state index in [2.05, 4.69) is 0 Å². The summed E-state index contributed by atoms with van der Waals surface area (Å²) < 4.78 is 16.9. The van der Waals surface area contributed by atoms with Crippen LogP contribution in [0.2, 0.25) is 5.02 Å². The predicted octanol–water partition coefficient (Wildman–Crippen LogP) is 2.25. The van der Waals surface area contributed by atoms with Crippen molar-refractivity contribution in [3.8, 4) is 5.75 Å². The van der Waals surface area contributed by atoms with Crippen LogP contribution < -0.4 is 4.74 Å². The van der Waals surface area contributed by atoms with Crippen molar-refractivity contribution in [2.75, 3.05) is 26.4 Å². The number of ether oxygens (including phenoxy) is 3. The largest absolute Gasteiger partial charge is 0.494 e. The summed E-state index contributed by atoms with van der Waals surface area (Å²) >= 11 is 6.43. The molecule has 0 amide bonds. The van der Waals surface area contributed by atoms with Gasteiger partial charge in [-0.2, -0.15) is 0 Å². The van der Waals surface area contributed by atoms with Crippen LogP contribution in [0.25, 0.3) is 0 Å². The highest BCUT2D eigenvalue weighted by molar-refractivity contribution is 6.31. The summed E-state index contributed by atoms with van der Waals surface area (Å²) in [5.41, 5.74) is 0.843. The van der Waals surface area contributed by atoms with E-state index >= 15 is 0 Å². The van der Waals surface area contributed by atoms with Gasteiger partial charge in [-0.05, 0) is 55.2 Å². The highest BCUT2D eigenvalue weighted by atomic mass is 35.5. The maximum Gasteiger partial charge on any atom is 0.144 e. The molecule has 0 aromatic heterocycles. The molecule has 7 nitrogen and oxygen atoms in total. The van der Waals surface area contributed by atoms with E-state index in [4.69, 9.17) is 25.8 Å². The Balaban J connectivity index is 1.87. The Hall–Kier alpha value is -1.71. The maximum atomic E-state index is 10.6. The van der Waals surface area contributed by atoms with Gasteiger partial charge in [0.25, 0.3) is 0 Å². The quantitative estimate of drug-likeness (QED) is 0.449. The third kappa shape index (κ3) is 5.26. The minimum Gasteiger partial charge on any atom is -0.494 e. The minimum absolute atomic E-state index is 0.131. The van der Waals surface area contributed by atoms with Crippen molar-refractivity contribution in [3.05, 3.63) is 64.2 Å². The molecule has 5 atom stereocenters. The Morgan fingerprint density at radius 1 is 1.00 bits per heavy atom. The van der Waals surface area contributed by atoms with Crippen LogP contribution >= 0.6 is 11.6 Å². The van der Waals surface area contributed by atoms with Crippen LogP contribution in [0.15, 0.2) is 42.5 Å². The van der Waals surface area contributed by atoms with Crippen LogP contribution in [0.4, 0.5) is 0 Å². The Labute approximate surface area is 193 Å². The zero-order valence-corrected chi connectivity index (χ0v) is 19.0. The van der Waals surface area contributed by atoms with Gasteiger partial charge in [-0.15, -0.1) is 0 Å². The molecule has 1 fully saturated rings. The second-order valence-electron chi connectivity index (χ2n) is 7.93. The van der Waals surface area contributed by atoms with E-state index in [0.717, 1.165) is 16.9 Å². The van der Waals surface area contributed by atoms with Crippen molar-refractivity contribution in [2.45, 2.75) is 50.3 Å². The van der Waals surface area contributed by atoms with E-state index in [1.54, 1.807) is 25.1 Å². The van der Waals surface area contributed by atoms with Gasteiger partial charge >= 0.3 is 0 Å². The smallest absolute Gasteiger partial charge is 0.144 e. The fourth-order valence-corrected chi connectivity index (χ4v) is 4.09. The molecule has 0 bridgehead atoms. The highest BCUT2D eigenvalue weighted by Crippen LogP contribution is 2.39. The van der Waals surface area contributed by atoms with E-state index in [9.17, 15) is 20.4 Å². The third-order valence-corrected chi connectivity index (χ3v) is 6.10. The van der Waals surface area contributed by atoms with Crippen molar-refractivity contribution in [1.29, 1.82) is 0 Å². The standard InChI is InChI=1S/C24H31ClO7/c1-3-30-14-24(13-26)23(29)21(28)20(27)22(32-24)16-7-10-19(25)17(12-16)11-15-5-8-18(9-6-15)31-4-2/h5-10,12,20-23,26-29H,3-4,11,13-14H2,1-2H3/t20?,21-,22+,23?,24-/m1/s1. The monoisotopic (exact) mass is 466 g/mol. The van der Waals surface area contributed by atoms with Crippen molar-refractivity contribution < 1.29 is 34.6 Å². The molecule has 32 heavy (non-hydrogen) atoms. The van der Waals surface area contributed by atoms with Crippen molar-refractivity contribution >= 4 is 11.6 Å². The molecule has 1 saturated heterocycles. The lowest BCUT2D eigenvalue weighted by molar-refractivity contribution is -0.292. The summed E-state index contributed by atoms with van der Waals surface area (Å²) in [5.74, 6) is 0.789. The van der Waals surface area contributed by atoms with Gasteiger partial charge in [-0.25, -0.2) is 0 Å². The van der Waals surface area contributed by atoms with Crippen molar-refractivity contribution in [2.24, 2.45) is 0 Å². The van der Waals surface area contributed by atoms with Crippen molar-refractivity contribution in [1.82, 2.24) is 0 Å². The number of halogens is 1. The average molecular weight is 467 g/mol. The fraction of sp³-hybridized carbons (Fsp3) is 0.500. The molecule has 4 N–H and O–H groups in total. The first-order chi connectivity index (χ1) is 15.3. The fourth-order valence-electron chi connectivity index (χ4n) is 3.90. The lowest BCUT2D eigenvalue weighted by Crippen LogP contribution is -2.65. The first-order valence-corrected chi connectivity index (χ1v) is 11.1. The Kier molecular flexibility index (Phi) is 8.52. The Bertz CT molecular complexity index is 875. The van der Waals surface area contributed by atoms with Gasteiger partial charge in [-0.1, -0.05) is 35.9 Å². The van der Waals surface area contributed by atoms with Gasteiger partial charge in [0.1, 0.15) is 35.8 Å². The van der Waals surface area contributed by atoms with Gasteiger partial charge in [0.15, 0.2) is 0 Å². The molecule has 176 valence electrons. The number of aliphatic hydroxyl groups is 4. The molecule has 1 aliphatic rings.